The minimum atomic E-state index is -2.58. The fourth-order valence-corrected chi connectivity index (χ4v) is 8.49. The lowest BCUT2D eigenvalue weighted by Gasteiger charge is -2.43. The first kappa shape index (κ1) is 29.4. The topological polar surface area (TPSA) is 108 Å². The zero-order valence-corrected chi connectivity index (χ0v) is 22.2. The van der Waals surface area contributed by atoms with Crippen LogP contribution in [0.15, 0.2) is 60.7 Å². The number of aliphatic carboxylic acids is 1. The van der Waals surface area contributed by atoms with Crippen molar-refractivity contribution in [3.05, 3.63) is 60.7 Å². The van der Waals surface area contributed by atoms with Crippen molar-refractivity contribution in [2.75, 3.05) is 39.6 Å². The predicted octanol–water partition coefficient (Wildman–Crippen LogP) is 2.57. The molecule has 0 aliphatic heterocycles. The van der Waals surface area contributed by atoms with Crippen LogP contribution >= 0.6 is 0 Å². The molecule has 2 aromatic carbocycles. The summed E-state index contributed by atoms with van der Waals surface area (Å²) in [6.45, 7) is 8.44. The van der Waals surface area contributed by atoms with Crippen molar-refractivity contribution >= 4 is 36.4 Å². The van der Waals surface area contributed by atoms with Crippen molar-refractivity contribution in [2.24, 2.45) is 0 Å². The Hall–Kier alpha value is -2.85. The predicted molar refractivity (Wildman–Crippen MR) is 138 cm³/mol. The summed E-state index contributed by atoms with van der Waals surface area (Å²) in [5.74, 6) is -3.20. The van der Waals surface area contributed by atoms with Crippen LogP contribution in [0.1, 0.15) is 33.6 Å². The largest absolute Gasteiger partial charge is 0.476 e. The molecule has 0 saturated carbocycles. The summed E-state index contributed by atoms with van der Waals surface area (Å²) < 4.78 is 22.7. The lowest BCUT2D eigenvalue weighted by atomic mass is 10.2. The Morgan fingerprint density at radius 1 is 0.722 bits per heavy atom. The van der Waals surface area contributed by atoms with Gasteiger partial charge in [-0.05, 0) is 15.4 Å². The van der Waals surface area contributed by atoms with E-state index in [1.165, 1.54) is 10.4 Å². The van der Waals surface area contributed by atoms with Crippen LogP contribution < -0.4 is 10.4 Å². The van der Waals surface area contributed by atoms with Gasteiger partial charge in [-0.25, -0.2) is 4.79 Å². The molecule has 8 nitrogen and oxygen atoms in total. The molecule has 2 aromatic rings. The third-order valence-electron chi connectivity index (χ3n) is 5.62. The molecule has 0 amide bonds. The van der Waals surface area contributed by atoms with Gasteiger partial charge >= 0.3 is 11.9 Å². The smallest absolute Gasteiger partial charge is 0.372 e. The zero-order chi connectivity index (χ0) is 26.4. The van der Waals surface area contributed by atoms with Gasteiger partial charge in [0.25, 0.3) is 8.32 Å². The van der Waals surface area contributed by atoms with Crippen LogP contribution in [0, 0.1) is 0 Å². The quantitative estimate of drug-likeness (QED) is 0.157. The van der Waals surface area contributed by atoms with Gasteiger partial charge in [0, 0.05) is 6.42 Å². The molecule has 0 aliphatic carbocycles. The first-order valence-electron chi connectivity index (χ1n) is 12.0. The summed E-state index contributed by atoms with van der Waals surface area (Å²) in [5, 5.41) is 10.8. The van der Waals surface area contributed by atoms with E-state index in [0.29, 0.717) is 26.4 Å². The van der Waals surface area contributed by atoms with Crippen molar-refractivity contribution in [3.8, 4) is 0 Å². The van der Waals surface area contributed by atoms with Crippen LogP contribution in [0.25, 0.3) is 0 Å². The van der Waals surface area contributed by atoms with Crippen LogP contribution in [0.5, 0.6) is 0 Å². The van der Waals surface area contributed by atoms with Crippen molar-refractivity contribution in [1.29, 1.82) is 0 Å². The minimum absolute atomic E-state index is 0.0249. The average Bonchev–Trinajstić information content (AvgIpc) is 2.86. The molecule has 0 aromatic heterocycles. The second kappa shape index (κ2) is 14.6. The van der Waals surface area contributed by atoms with Gasteiger partial charge in [-0.2, -0.15) is 0 Å². The Morgan fingerprint density at radius 3 is 1.67 bits per heavy atom. The molecule has 0 aliphatic rings. The monoisotopic (exact) mass is 516 g/mol. The number of carbonyl (C=O) groups is 3. The van der Waals surface area contributed by atoms with Crippen molar-refractivity contribution in [2.45, 2.75) is 38.7 Å². The van der Waals surface area contributed by atoms with Gasteiger partial charge in [-0.15, -0.1) is 0 Å². The molecule has 2 rings (SSSR count). The molecular formula is C27H36O8Si. The first-order chi connectivity index (χ1) is 17.2. The molecule has 9 heteroatoms. The molecule has 0 atom stereocenters. The molecule has 0 saturated heterocycles. The van der Waals surface area contributed by atoms with E-state index in [1.807, 2.05) is 12.1 Å². The number of carboxylic acid groups (broad SMARTS) is 1. The van der Waals surface area contributed by atoms with E-state index >= 15 is 0 Å². The van der Waals surface area contributed by atoms with Gasteiger partial charge < -0.3 is 23.7 Å². The fourth-order valence-electron chi connectivity index (χ4n) is 3.95. The number of hydrogen-bond donors (Lipinski definition) is 1. The van der Waals surface area contributed by atoms with Gasteiger partial charge in [0.05, 0.1) is 39.5 Å². The second-order valence-electron chi connectivity index (χ2n) is 9.19. The number of Topliss-reactive ketones (excluding diaryl/α,β-unsaturated/α-hetero) is 1. The lowest BCUT2D eigenvalue weighted by molar-refractivity contribution is -0.151. The van der Waals surface area contributed by atoms with Gasteiger partial charge in [-0.1, -0.05) is 81.4 Å². The van der Waals surface area contributed by atoms with E-state index in [-0.39, 0.29) is 31.1 Å². The Labute approximate surface area is 213 Å². The minimum Gasteiger partial charge on any atom is -0.476 e. The lowest BCUT2D eigenvalue weighted by Crippen LogP contribution is -2.66. The highest BCUT2D eigenvalue weighted by Crippen LogP contribution is 2.36. The van der Waals surface area contributed by atoms with Crippen molar-refractivity contribution in [1.82, 2.24) is 0 Å². The molecule has 0 bridgehead atoms. The van der Waals surface area contributed by atoms with E-state index < -0.39 is 26.0 Å². The molecule has 0 radical (unpaired) electrons. The Balaban J connectivity index is 1.75. The summed E-state index contributed by atoms with van der Waals surface area (Å²) in [6, 6.07) is 20.8. The number of benzene rings is 2. The SMILES string of the molecule is CC(C)(C)[Si](OCCOCCOCCOC(=O)CCC(=O)C(=O)O)(c1ccccc1)c1ccccc1. The first-order valence-corrected chi connectivity index (χ1v) is 13.9. The molecule has 1 N–H and O–H groups in total. The van der Waals surface area contributed by atoms with Crippen molar-refractivity contribution < 1.29 is 38.1 Å². The van der Waals surface area contributed by atoms with E-state index in [9.17, 15) is 14.4 Å². The third kappa shape index (κ3) is 8.67. The summed E-state index contributed by atoms with van der Waals surface area (Å²) >= 11 is 0. The number of carbonyl (C=O) groups excluding carboxylic acids is 2. The summed E-state index contributed by atoms with van der Waals surface area (Å²) in [5.41, 5.74) is 0. The Bertz CT molecular complexity index is 917. The fraction of sp³-hybridized carbons (Fsp3) is 0.444. The number of ether oxygens (including phenoxy) is 3. The Kier molecular flexibility index (Phi) is 12.0. The Morgan fingerprint density at radius 2 is 1.19 bits per heavy atom. The maximum atomic E-state index is 11.5. The van der Waals surface area contributed by atoms with Gasteiger partial charge in [0.1, 0.15) is 6.61 Å². The summed E-state index contributed by atoms with van der Waals surface area (Å²) in [4.78, 5) is 32.9. The number of rotatable bonds is 16. The highest BCUT2D eigenvalue weighted by molar-refractivity contribution is 6.99. The normalized spacial score (nSPS) is 11.8. The van der Waals surface area contributed by atoms with Crippen LogP contribution in [-0.2, 0) is 33.0 Å². The second-order valence-corrected chi connectivity index (χ2v) is 13.5. The standard InChI is InChI=1S/C27H36O8Si/c1-27(2,3)36(22-10-6-4-7-11-22,23-12-8-5-9-13-23)35-21-19-33-17-16-32-18-20-34-25(29)15-14-24(28)26(30)31/h4-13H,14-21H2,1-3H3,(H,30,31). The molecule has 0 heterocycles. The van der Waals surface area contributed by atoms with Gasteiger partial charge in [-0.3, -0.25) is 9.59 Å². The van der Waals surface area contributed by atoms with Gasteiger partial charge in [0.15, 0.2) is 0 Å². The summed E-state index contributed by atoms with van der Waals surface area (Å²) in [7, 11) is -2.58. The highest BCUT2D eigenvalue weighted by atomic mass is 28.4. The van der Waals surface area contributed by atoms with Crippen LogP contribution in [-0.4, -0.2) is 70.8 Å². The van der Waals surface area contributed by atoms with Crippen molar-refractivity contribution in [3.63, 3.8) is 0 Å². The maximum absolute atomic E-state index is 11.5. The number of carboxylic acids is 1. The molecule has 36 heavy (non-hydrogen) atoms. The molecule has 0 spiro atoms. The van der Waals surface area contributed by atoms with E-state index in [0.717, 1.165) is 0 Å². The average molecular weight is 517 g/mol. The van der Waals surface area contributed by atoms with E-state index in [2.05, 4.69) is 69.3 Å². The van der Waals surface area contributed by atoms with Crippen LogP contribution in [0.3, 0.4) is 0 Å². The van der Waals surface area contributed by atoms with Crippen LogP contribution in [0.4, 0.5) is 0 Å². The summed E-state index contributed by atoms with van der Waals surface area (Å²) in [6.07, 6.45) is -0.640. The highest BCUT2D eigenvalue weighted by Gasteiger charge is 2.49. The zero-order valence-electron chi connectivity index (χ0n) is 21.2. The van der Waals surface area contributed by atoms with E-state index in [4.69, 9.17) is 23.7 Å². The molecular weight excluding hydrogens is 480 g/mol. The van der Waals surface area contributed by atoms with Crippen LogP contribution in [0.2, 0.25) is 5.04 Å². The molecule has 196 valence electrons. The maximum Gasteiger partial charge on any atom is 0.372 e. The van der Waals surface area contributed by atoms with Gasteiger partial charge in [0.2, 0.25) is 5.78 Å². The molecule has 0 unspecified atom stereocenters. The van der Waals surface area contributed by atoms with E-state index in [1.54, 1.807) is 0 Å². The number of ketones is 1. The number of hydrogen-bond acceptors (Lipinski definition) is 7. The third-order valence-corrected chi connectivity index (χ3v) is 10.7. The number of esters is 1. The molecule has 0 fully saturated rings.